The number of nitrogens with one attached hydrogen (secondary N) is 1. The molecule has 150 valence electrons. The summed E-state index contributed by atoms with van der Waals surface area (Å²) in [5.41, 5.74) is -0.460. The molecule has 2 heterocycles. The standard InChI is InChI=1S/C20H21F3N2O3/c21-20(22,23)14-3-1-2-13(6-14)19-4-5-25(10-15(19)9-19)16(26)12-7-18(8-12)11-28-17(27)24-18/h1-3,6,12,15H,4-5,7-11H2,(H,24,27)/t12-,15?,18+,19?. The fourth-order valence-electron chi connectivity index (χ4n) is 5.35. The highest BCUT2D eigenvalue weighted by Crippen LogP contribution is 2.60. The van der Waals surface area contributed by atoms with Gasteiger partial charge in [0.1, 0.15) is 6.61 Å². The van der Waals surface area contributed by atoms with Gasteiger partial charge in [-0.2, -0.15) is 13.2 Å². The van der Waals surface area contributed by atoms with E-state index >= 15 is 0 Å². The summed E-state index contributed by atoms with van der Waals surface area (Å²) in [6.07, 6.45) is -2.05. The number of likely N-dealkylation sites (tertiary alicyclic amines) is 1. The number of amides is 2. The molecule has 0 radical (unpaired) electrons. The third kappa shape index (κ3) is 2.68. The molecule has 28 heavy (non-hydrogen) atoms. The van der Waals surface area contributed by atoms with Crippen LogP contribution in [-0.2, 0) is 21.1 Å². The van der Waals surface area contributed by atoms with E-state index in [2.05, 4.69) is 5.32 Å². The van der Waals surface area contributed by atoms with Gasteiger partial charge >= 0.3 is 12.3 Å². The molecule has 1 aromatic rings. The predicted octanol–water partition coefficient (Wildman–Crippen LogP) is 3.08. The molecule has 2 atom stereocenters. The molecule has 1 N–H and O–H groups in total. The molecule has 2 amide bonds. The van der Waals surface area contributed by atoms with Crippen LogP contribution in [0.5, 0.6) is 0 Å². The summed E-state index contributed by atoms with van der Waals surface area (Å²) in [4.78, 5) is 25.9. The number of benzene rings is 1. The Bertz CT molecular complexity index is 849. The van der Waals surface area contributed by atoms with E-state index in [0.29, 0.717) is 39.0 Å². The molecule has 0 bridgehead atoms. The number of carbonyl (C=O) groups is 2. The van der Waals surface area contributed by atoms with Crippen molar-refractivity contribution in [3.05, 3.63) is 35.4 Å². The van der Waals surface area contributed by atoms with Crippen molar-refractivity contribution < 1.29 is 27.5 Å². The number of hydrogen-bond acceptors (Lipinski definition) is 3. The third-order valence-corrected chi connectivity index (χ3v) is 7.05. The maximum Gasteiger partial charge on any atom is 0.416 e. The topological polar surface area (TPSA) is 58.6 Å². The van der Waals surface area contributed by atoms with Crippen LogP contribution in [0.15, 0.2) is 24.3 Å². The second kappa shape index (κ2) is 5.64. The normalized spacial score (nSPS) is 36.4. The van der Waals surface area contributed by atoms with E-state index in [9.17, 15) is 22.8 Å². The number of fused-ring (bicyclic) bond motifs is 1. The first-order valence-corrected chi connectivity index (χ1v) is 9.62. The lowest BCUT2D eigenvalue weighted by atomic mass is 9.68. The molecule has 5 rings (SSSR count). The van der Waals surface area contributed by atoms with Crippen molar-refractivity contribution in [3.8, 4) is 0 Å². The number of hydrogen-bond donors (Lipinski definition) is 1. The van der Waals surface area contributed by atoms with E-state index in [4.69, 9.17) is 4.74 Å². The first-order chi connectivity index (χ1) is 13.2. The Hall–Kier alpha value is -2.25. The minimum absolute atomic E-state index is 0.0938. The zero-order valence-corrected chi connectivity index (χ0v) is 15.2. The quantitative estimate of drug-likeness (QED) is 0.839. The molecule has 2 aliphatic heterocycles. The van der Waals surface area contributed by atoms with Gasteiger partial charge in [0, 0.05) is 24.4 Å². The van der Waals surface area contributed by atoms with Crippen LogP contribution < -0.4 is 5.32 Å². The minimum atomic E-state index is -4.34. The second-order valence-electron chi connectivity index (χ2n) is 8.76. The molecule has 8 heteroatoms. The number of nitrogens with zero attached hydrogens (tertiary/aromatic N) is 1. The number of piperidine rings is 1. The molecule has 1 spiro atoms. The fourth-order valence-corrected chi connectivity index (χ4v) is 5.35. The van der Waals surface area contributed by atoms with E-state index in [1.165, 1.54) is 12.1 Å². The van der Waals surface area contributed by atoms with Gasteiger partial charge in [-0.05, 0) is 43.2 Å². The van der Waals surface area contributed by atoms with Gasteiger partial charge in [-0.25, -0.2) is 4.79 Å². The number of ether oxygens (including phenoxy) is 1. The van der Waals surface area contributed by atoms with Crippen LogP contribution in [-0.4, -0.2) is 42.1 Å². The Labute approximate surface area is 160 Å². The molecule has 2 aliphatic carbocycles. The van der Waals surface area contributed by atoms with Crippen molar-refractivity contribution in [2.75, 3.05) is 19.7 Å². The Balaban J connectivity index is 1.23. The zero-order chi connectivity index (χ0) is 19.7. The molecule has 2 saturated heterocycles. The van der Waals surface area contributed by atoms with Crippen LogP contribution in [0.2, 0.25) is 0 Å². The Morgan fingerprint density at radius 3 is 2.68 bits per heavy atom. The van der Waals surface area contributed by atoms with E-state index < -0.39 is 17.8 Å². The van der Waals surface area contributed by atoms with Crippen LogP contribution >= 0.6 is 0 Å². The summed E-state index contributed by atoms with van der Waals surface area (Å²) < 4.78 is 44.1. The van der Waals surface area contributed by atoms with Crippen molar-refractivity contribution in [2.24, 2.45) is 11.8 Å². The summed E-state index contributed by atoms with van der Waals surface area (Å²) in [7, 11) is 0. The predicted molar refractivity (Wildman–Crippen MR) is 92.4 cm³/mol. The van der Waals surface area contributed by atoms with Gasteiger partial charge in [-0.3, -0.25) is 4.79 Å². The highest BCUT2D eigenvalue weighted by Gasteiger charge is 2.60. The average molecular weight is 394 g/mol. The molecule has 0 aromatic heterocycles. The largest absolute Gasteiger partial charge is 0.447 e. The van der Waals surface area contributed by atoms with E-state index in [1.807, 2.05) is 4.90 Å². The van der Waals surface area contributed by atoms with E-state index in [-0.39, 0.29) is 28.7 Å². The molecule has 4 fully saturated rings. The fraction of sp³-hybridized carbons (Fsp3) is 0.600. The van der Waals surface area contributed by atoms with Gasteiger partial charge in [0.25, 0.3) is 0 Å². The minimum Gasteiger partial charge on any atom is -0.447 e. The summed E-state index contributed by atoms with van der Waals surface area (Å²) in [5, 5.41) is 2.79. The number of rotatable bonds is 2. The summed E-state index contributed by atoms with van der Waals surface area (Å²) in [5.74, 6) is 0.204. The summed E-state index contributed by atoms with van der Waals surface area (Å²) >= 11 is 0. The molecular formula is C20H21F3N2O3. The number of alkyl carbamates (subject to hydrolysis) is 1. The summed E-state index contributed by atoms with van der Waals surface area (Å²) in [6, 6.07) is 5.64. The molecular weight excluding hydrogens is 373 g/mol. The molecule has 2 saturated carbocycles. The van der Waals surface area contributed by atoms with E-state index in [1.54, 1.807) is 6.07 Å². The van der Waals surface area contributed by atoms with Gasteiger partial charge in [0.2, 0.25) is 5.91 Å². The van der Waals surface area contributed by atoms with Gasteiger partial charge in [-0.1, -0.05) is 18.2 Å². The molecule has 2 unspecified atom stereocenters. The first-order valence-electron chi connectivity index (χ1n) is 9.62. The van der Waals surface area contributed by atoms with Crippen LogP contribution in [0, 0.1) is 11.8 Å². The van der Waals surface area contributed by atoms with Crippen molar-refractivity contribution in [1.82, 2.24) is 10.2 Å². The number of cyclic esters (lactones) is 1. The Kier molecular flexibility index (Phi) is 3.59. The van der Waals surface area contributed by atoms with Crippen LogP contribution in [0.3, 0.4) is 0 Å². The SMILES string of the molecule is O=C1N[C@]2(CO1)C[C@H](C(=O)N1CCC3(c4cccc(C(F)(F)F)c4)CC3C1)C2. The smallest absolute Gasteiger partial charge is 0.416 e. The second-order valence-corrected chi connectivity index (χ2v) is 8.76. The lowest BCUT2D eigenvalue weighted by Gasteiger charge is -2.44. The Morgan fingerprint density at radius 1 is 1.25 bits per heavy atom. The van der Waals surface area contributed by atoms with Crippen LogP contribution in [0.4, 0.5) is 18.0 Å². The number of carbonyl (C=O) groups excluding carboxylic acids is 2. The average Bonchev–Trinajstić information content (AvgIpc) is 3.25. The van der Waals surface area contributed by atoms with Gasteiger partial charge in [0.15, 0.2) is 0 Å². The van der Waals surface area contributed by atoms with Crippen LogP contribution in [0.1, 0.15) is 36.8 Å². The number of alkyl halides is 3. The molecule has 4 aliphatic rings. The molecule has 1 aromatic carbocycles. The monoisotopic (exact) mass is 394 g/mol. The number of halogens is 3. The zero-order valence-electron chi connectivity index (χ0n) is 15.2. The summed E-state index contributed by atoms with van der Waals surface area (Å²) in [6.45, 7) is 1.48. The van der Waals surface area contributed by atoms with Crippen molar-refractivity contribution in [2.45, 2.75) is 42.8 Å². The highest BCUT2D eigenvalue weighted by molar-refractivity contribution is 5.82. The third-order valence-electron chi connectivity index (χ3n) is 7.05. The van der Waals surface area contributed by atoms with E-state index in [0.717, 1.165) is 18.1 Å². The lowest BCUT2D eigenvalue weighted by molar-refractivity contribution is -0.142. The lowest BCUT2D eigenvalue weighted by Crippen LogP contribution is -2.58. The van der Waals surface area contributed by atoms with Crippen molar-refractivity contribution in [3.63, 3.8) is 0 Å². The van der Waals surface area contributed by atoms with Gasteiger partial charge < -0.3 is 15.0 Å². The first kappa shape index (κ1) is 17.8. The Morgan fingerprint density at radius 2 is 2.04 bits per heavy atom. The van der Waals surface area contributed by atoms with Gasteiger partial charge in [-0.15, -0.1) is 0 Å². The molecule has 5 nitrogen and oxygen atoms in total. The van der Waals surface area contributed by atoms with Crippen molar-refractivity contribution >= 4 is 12.0 Å². The maximum absolute atomic E-state index is 13.0. The van der Waals surface area contributed by atoms with Gasteiger partial charge in [0.05, 0.1) is 11.1 Å². The highest BCUT2D eigenvalue weighted by atomic mass is 19.4. The van der Waals surface area contributed by atoms with Crippen LogP contribution in [0.25, 0.3) is 0 Å². The van der Waals surface area contributed by atoms with Crippen molar-refractivity contribution in [1.29, 1.82) is 0 Å². The maximum atomic E-state index is 13.0.